The highest BCUT2D eigenvalue weighted by Gasteiger charge is 2.13. The summed E-state index contributed by atoms with van der Waals surface area (Å²) in [6, 6.07) is 2.57. The number of anilines is 1. The van der Waals surface area contributed by atoms with Crippen molar-refractivity contribution in [3.8, 4) is 0 Å². The number of nitrogens with one attached hydrogen (secondary N) is 1. The summed E-state index contributed by atoms with van der Waals surface area (Å²) in [5.41, 5.74) is 1.08. The Labute approximate surface area is 92.0 Å². The Morgan fingerprint density at radius 1 is 1.36 bits per heavy atom. The van der Waals surface area contributed by atoms with Gasteiger partial charge in [-0.05, 0) is 34.8 Å². The van der Waals surface area contributed by atoms with Crippen LogP contribution in [0, 0.1) is 0 Å². The van der Waals surface area contributed by atoms with Crippen LogP contribution in [0.2, 0.25) is 0 Å². The molecular weight excluding hydrogens is 244 g/mol. The lowest BCUT2D eigenvalue weighted by Gasteiger charge is -2.23. The third-order valence-corrected chi connectivity index (χ3v) is 2.73. The van der Waals surface area contributed by atoms with E-state index in [0.717, 1.165) is 36.2 Å². The first-order chi connectivity index (χ1) is 6.84. The average Bonchev–Trinajstić information content (AvgIpc) is 2.19. The summed E-state index contributed by atoms with van der Waals surface area (Å²) < 4.78 is 6.31. The van der Waals surface area contributed by atoms with E-state index in [2.05, 4.69) is 26.2 Å². The molecule has 0 radical (unpaired) electrons. The van der Waals surface area contributed by atoms with Crippen LogP contribution >= 0.6 is 15.9 Å². The fraction of sp³-hybridized carbons (Fsp3) is 0.500. The molecule has 1 saturated heterocycles. The molecule has 0 spiro atoms. The lowest BCUT2D eigenvalue weighted by Crippen LogP contribution is -2.27. The van der Waals surface area contributed by atoms with Gasteiger partial charge in [0, 0.05) is 29.9 Å². The van der Waals surface area contributed by atoms with Gasteiger partial charge in [0.1, 0.15) is 0 Å². The van der Waals surface area contributed by atoms with Gasteiger partial charge in [-0.1, -0.05) is 0 Å². The van der Waals surface area contributed by atoms with Crippen LogP contribution in [0.25, 0.3) is 0 Å². The highest BCUT2D eigenvalue weighted by atomic mass is 79.9. The van der Waals surface area contributed by atoms with E-state index in [4.69, 9.17) is 4.74 Å². The second kappa shape index (κ2) is 4.75. The number of pyridine rings is 1. The zero-order valence-electron chi connectivity index (χ0n) is 7.87. The van der Waals surface area contributed by atoms with Crippen LogP contribution in [0.5, 0.6) is 0 Å². The molecule has 1 aliphatic heterocycles. The largest absolute Gasteiger partial charge is 0.381 e. The number of ether oxygens (including phenoxy) is 1. The SMILES string of the molecule is Brc1cncc(NC2CCOCC2)c1. The Hall–Kier alpha value is -0.610. The topological polar surface area (TPSA) is 34.2 Å². The zero-order valence-corrected chi connectivity index (χ0v) is 9.46. The molecule has 14 heavy (non-hydrogen) atoms. The minimum absolute atomic E-state index is 0.528. The molecule has 2 heterocycles. The fourth-order valence-electron chi connectivity index (χ4n) is 1.57. The van der Waals surface area contributed by atoms with Gasteiger partial charge in [-0.3, -0.25) is 4.98 Å². The molecular formula is C10H13BrN2O. The number of aromatic nitrogens is 1. The zero-order chi connectivity index (χ0) is 9.80. The molecule has 0 bridgehead atoms. The van der Waals surface area contributed by atoms with Crippen LogP contribution in [0.15, 0.2) is 22.9 Å². The molecule has 76 valence electrons. The van der Waals surface area contributed by atoms with Crippen LogP contribution in [0.4, 0.5) is 5.69 Å². The Kier molecular flexibility index (Phi) is 3.37. The average molecular weight is 257 g/mol. The van der Waals surface area contributed by atoms with Crippen LogP contribution in [0.1, 0.15) is 12.8 Å². The monoisotopic (exact) mass is 256 g/mol. The minimum atomic E-state index is 0.528. The fourth-order valence-corrected chi connectivity index (χ4v) is 1.93. The van der Waals surface area contributed by atoms with E-state index in [1.165, 1.54) is 0 Å². The minimum Gasteiger partial charge on any atom is -0.381 e. The first-order valence-electron chi connectivity index (χ1n) is 4.79. The van der Waals surface area contributed by atoms with Gasteiger partial charge in [0.15, 0.2) is 0 Å². The van der Waals surface area contributed by atoms with E-state index in [1.54, 1.807) is 6.20 Å². The van der Waals surface area contributed by atoms with E-state index in [9.17, 15) is 0 Å². The third kappa shape index (κ3) is 2.69. The Morgan fingerprint density at radius 3 is 2.86 bits per heavy atom. The Bertz CT molecular complexity index is 300. The summed E-state index contributed by atoms with van der Waals surface area (Å²) >= 11 is 3.40. The van der Waals surface area contributed by atoms with Gasteiger partial charge in [0.25, 0.3) is 0 Å². The molecule has 1 aromatic heterocycles. The highest BCUT2D eigenvalue weighted by molar-refractivity contribution is 9.10. The lowest BCUT2D eigenvalue weighted by atomic mass is 10.1. The lowest BCUT2D eigenvalue weighted by molar-refractivity contribution is 0.0904. The number of hydrogen-bond acceptors (Lipinski definition) is 3. The van der Waals surface area contributed by atoms with Crippen molar-refractivity contribution >= 4 is 21.6 Å². The maximum atomic E-state index is 5.30. The van der Waals surface area contributed by atoms with Gasteiger partial charge in [0.2, 0.25) is 0 Å². The van der Waals surface area contributed by atoms with Crippen molar-refractivity contribution in [2.24, 2.45) is 0 Å². The molecule has 0 aliphatic carbocycles. The Morgan fingerprint density at radius 2 is 2.14 bits per heavy atom. The first kappa shape index (κ1) is 9.93. The van der Waals surface area contributed by atoms with E-state index in [0.29, 0.717) is 6.04 Å². The van der Waals surface area contributed by atoms with Crippen molar-refractivity contribution in [3.63, 3.8) is 0 Å². The second-order valence-corrected chi connectivity index (χ2v) is 4.34. The van der Waals surface area contributed by atoms with Gasteiger partial charge in [-0.2, -0.15) is 0 Å². The van der Waals surface area contributed by atoms with Crippen molar-refractivity contribution in [1.82, 2.24) is 4.98 Å². The summed E-state index contributed by atoms with van der Waals surface area (Å²) in [5.74, 6) is 0. The smallest absolute Gasteiger partial charge is 0.0540 e. The van der Waals surface area contributed by atoms with Crippen molar-refractivity contribution in [2.75, 3.05) is 18.5 Å². The van der Waals surface area contributed by atoms with Gasteiger partial charge in [-0.15, -0.1) is 0 Å². The normalized spacial score (nSPS) is 18.1. The maximum Gasteiger partial charge on any atom is 0.0540 e. The predicted octanol–water partition coefficient (Wildman–Crippen LogP) is 2.44. The second-order valence-electron chi connectivity index (χ2n) is 3.42. The van der Waals surface area contributed by atoms with E-state index in [-0.39, 0.29) is 0 Å². The van der Waals surface area contributed by atoms with Crippen molar-refractivity contribution in [3.05, 3.63) is 22.9 Å². The molecule has 0 amide bonds. The van der Waals surface area contributed by atoms with Gasteiger partial charge in [-0.25, -0.2) is 0 Å². The van der Waals surface area contributed by atoms with Gasteiger partial charge in [0.05, 0.1) is 11.9 Å². The van der Waals surface area contributed by atoms with E-state index < -0.39 is 0 Å². The van der Waals surface area contributed by atoms with Crippen LogP contribution in [0.3, 0.4) is 0 Å². The molecule has 1 N–H and O–H groups in total. The first-order valence-corrected chi connectivity index (χ1v) is 5.59. The van der Waals surface area contributed by atoms with Crippen molar-refractivity contribution in [1.29, 1.82) is 0 Å². The molecule has 0 aromatic carbocycles. The molecule has 1 aliphatic rings. The van der Waals surface area contributed by atoms with Crippen LogP contribution in [-0.4, -0.2) is 24.2 Å². The molecule has 3 nitrogen and oxygen atoms in total. The van der Waals surface area contributed by atoms with Gasteiger partial charge >= 0.3 is 0 Å². The summed E-state index contributed by atoms with van der Waals surface area (Å²) in [5, 5.41) is 3.45. The maximum absolute atomic E-state index is 5.30. The van der Waals surface area contributed by atoms with E-state index in [1.807, 2.05) is 12.3 Å². The summed E-state index contributed by atoms with van der Waals surface area (Å²) in [6.45, 7) is 1.72. The number of halogens is 1. The van der Waals surface area contributed by atoms with Gasteiger partial charge < -0.3 is 10.1 Å². The molecule has 2 rings (SSSR count). The highest BCUT2D eigenvalue weighted by Crippen LogP contribution is 2.17. The van der Waals surface area contributed by atoms with Crippen molar-refractivity contribution in [2.45, 2.75) is 18.9 Å². The van der Waals surface area contributed by atoms with E-state index >= 15 is 0 Å². The number of rotatable bonds is 2. The summed E-state index contributed by atoms with van der Waals surface area (Å²) in [4.78, 5) is 4.11. The number of hydrogen-bond donors (Lipinski definition) is 1. The molecule has 0 atom stereocenters. The molecule has 4 heteroatoms. The predicted molar refractivity (Wildman–Crippen MR) is 59.4 cm³/mol. The quantitative estimate of drug-likeness (QED) is 0.883. The Balaban J connectivity index is 1.95. The van der Waals surface area contributed by atoms with Crippen LogP contribution in [-0.2, 0) is 4.74 Å². The molecule has 1 fully saturated rings. The van der Waals surface area contributed by atoms with Crippen LogP contribution < -0.4 is 5.32 Å². The summed E-state index contributed by atoms with van der Waals surface area (Å²) in [7, 11) is 0. The molecule has 0 unspecified atom stereocenters. The standard InChI is InChI=1S/C10H13BrN2O/c11-8-5-10(7-12-6-8)13-9-1-3-14-4-2-9/h5-7,9,13H,1-4H2. The number of nitrogens with zero attached hydrogens (tertiary/aromatic N) is 1. The summed E-state index contributed by atoms with van der Waals surface area (Å²) in [6.07, 6.45) is 5.79. The molecule has 1 aromatic rings. The van der Waals surface area contributed by atoms with Crippen molar-refractivity contribution < 1.29 is 4.74 Å². The molecule has 0 saturated carbocycles. The third-order valence-electron chi connectivity index (χ3n) is 2.30.